The van der Waals surface area contributed by atoms with Crippen molar-refractivity contribution in [2.45, 2.75) is 91.2 Å². The minimum atomic E-state index is -0.589. The SMILES string of the molecule is C[C@H]1C[C@H]2[C@@H]3CC[C@H]4N(C)C(=O)CC[C@]4(C)[C@H]3CC[C@]2(C)[C@H]1C(C)(C)O. The van der Waals surface area contributed by atoms with Crippen molar-refractivity contribution in [1.82, 2.24) is 4.90 Å². The number of amides is 1. The Hall–Kier alpha value is -0.570. The summed E-state index contributed by atoms with van der Waals surface area (Å²) in [5.74, 6) is 3.64. The summed E-state index contributed by atoms with van der Waals surface area (Å²) in [6.45, 7) is 11.4. The Labute approximate surface area is 159 Å². The standard InChI is InChI=1S/C23H39NO2/c1-14-13-17-15-7-8-18-22(4,12-10-19(25)24(18)6)16(15)9-11-23(17,5)20(14)21(2,3)26/h14-18,20,26H,7-13H2,1-6H3/t14-,15+,16-,17-,18+,20+,22+,23-/m0/s1. The topological polar surface area (TPSA) is 40.5 Å². The highest BCUT2D eigenvalue weighted by Gasteiger charge is 2.64. The zero-order valence-corrected chi connectivity index (χ0v) is 17.7. The molecule has 26 heavy (non-hydrogen) atoms. The van der Waals surface area contributed by atoms with E-state index in [1.165, 1.54) is 32.1 Å². The molecule has 4 rings (SSSR count). The fraction of sp³-hybridized carbons (Fsp3) is 0.957. The van der Waals surface area contributed by atoms with E-state index >= 15 is 0 Å². The first-order valence-electron chi connectivity index (χ1n) is 11.0. The molecule has 0 bridgehead atoms. The van der Waals surface area contributed by atoms with Gasteiger partial charge < -0.3 is 10.0 Å². The predicted molar refractivity (Wildman–Crippen MR) is 105 cm³/mol. The van der Waals surface area contributed by atoms with Crippen molar-refractivity contribution in [3.63, 3.8) is 0 Å². The van der Waals surface area contributed by atoms with E-state index in [4.69, 9.17) is 0 Å². The van der Waals surface area contributed by atoms with Gasteiger partial charge in [0.1, 0.15) is 0 Å². The molecule has 148 valence electrons. The summed E-state index contributed by atoms with van der Waals surface area (Å²) in [5, 5.41) is 10.9. The highest BCUT2D eigenvalue weighted by atomic mass is 16.3. The molecule has 1 amide bonds. The first-order chi connectivity index (χ1) is 12.0. The lowest BCUT2D eigenvalue weighted by atomic mass is 9.46. The van der Waals surface area contributed by atoms with Gasteiger partial charge in [-0.3, -0.25) is 4.79 Å². The molecule has 1 saturated heterocycles. The molecule has 0 aromatic rings. The van der Waals surface area contributed by atoms with Crippen LogP contribution in [0.15, 0.2) is 0 Å². The molecule has 4 fully saturated rings. The second-order valence-electron chi connectivity index (χ2n) is 11.4. The largest absolute Gasteiger partial charge is 0.390 e. The van der Waals surface area contributed by atoms with Gasteiger partial charge in [-0.05, 0) is 92.8 Å². The maximum absolute atomic E-state index is 12.3. The van der Waals surface area contributed by atoms with E-state index in [0.29, 0.717) is 29.2 Å². The summed E-state index contributed by atoms with van der Waals surface area (Å²) in [5.41, 5.74) is -0.0181. The second kappa shape index (κ2) is 5.72. The summed E-state index contributed by atoms with van der Waals surface area (Å²) in [6.07, 6.45) is 8.07. The molecular weight excluding hydrogens is 322 g/mol. The van der Waals surface area contributed by atoms with Crippen LogP contribution in [0.2, 0.25) is 0 Å². The summed E-state index contributed by atoms with van der Waals surface area (Å²) < 4.78 is 0. The Morgan fingerprint density at radius 3 is 2.42 bits per heavy atom. The molecule has 3 nitrogen and oxygen atoms in total. The smallest absolute Gasteiger partial charge is 0.222 e. The van der Waals surface area contributed by atoms with Crippen LogP contribution in [0, 0.1) is 40.4 Å². The minimum absolute atomic E-state index is 0.276. The van der Waals surface area contributed by atoms with Gasteiger partial charge >= 0.3 is 0 Å². The molecule has 3 aliphatic carbocycles. The summed E-state index contributed by atoms with van der Waals surface area (Å²) in [6, 6.07) is 0.443. The van der Waals surface area contributed by atoms with Crippen molar-refractivity contribution in [3.8, 4) is 0 Å². The summed E-state index contributed by atoms with van der Waals surface area (Å²) in [4.78, 5) is 14.4. The van der Waals surface area contributed by atoms with E-state index in [0.717, 1.165) is 30.6 Å². The number of nitrogens with zero attached hydrogens (tertiary/aromatic N) is 1. The number of aliphatic hydroxyl groups is 1. The van der Waals surface area contributed by atoms with E-state index in [-0.39, 0.29) is 5.41 Å². The van der Waals surface area contributed by atoms with Gasteiger partial charge in [-0.25, -0.2) is 0 Å². The van der Waals surface area contributed by atoms with Crippen molar-refractivity contribution >= 4 is 5.91 Å². The van der Waals surface area contributed by atoms with E-state index in [2.05, 4.69) is 25.7 Å². The molecule has 1 N–H and O–H groups in total. The normalized spacial score (nSPS) is 51.7. The number of carbonyl (C=O) groups is 1. The van der Waals surface area contributed by atoms with Crippen LogP contribution in [0.1, 0.15) is 79.6 Å². The highest BCUT2D eigenvalue weighted by Crippen LogP contribution is 2.68. The number of piperidine rings is 1. The first-order valence-corrected chi connectivity index (χ1v) is 11.0. The van der Waals surface area contributed by atoms with Gasteiger partial charge in [0.2, 0.25) is 5.91 Å². The number of hydrogen-bond donors (Lipinski definition) is 1. The molecule has 0 spiro atoms. The fourth-order valence-electron chi connectivity index (χ4n) is 9.02. The Kier molecular flexibility index (Phi) is 4.13. The van der Waals surface area contributed by atoms with Crippen molar-refractivity contribution < 1.29 is 9.90 Å². The maximum Gasteiger partial charge on any atom is 0.222 e. The van der Waals surface area contributed by atoms with E-state index in [9.17, 15) is 9.90 Å². The number of fused-ring (bicyclic) bond motifs is 5. The number of likely N-dealkylation sites (tertiary alicyclic amines) is 1. The molecule has 8 atom stereocenters. The number of rotatable bonds is 1. The molecule has 3 saturated carbocycles. The molecular formula is C23H39NO2. The number of carbonyl (C=O) groups excluding carboxylic acids is 1. The Bertz CT molecular complexity index is 596. The van der Waals surface area contributed by atoms with Crippen LogP contribution in [0.4, 0.5) is 0 Å². The van der Waals surface area contributed by atoms with E-state index in [1.807, 2.05) is 20.9 Å². The Morgan fingerprint density at radius 1 is 1.08 bits per heavy atom. The lowest BCUT2D eigenvalue weighted by Crippen LogP contribution is -2.61. The highest BCUT2D eigenvalue weighted by molar-refractivity contribution is 5.77. The molecule has 3 heteroatoms. The minimum Gasteiger partial charge on any atom is -0.390 e. The molecule has 4 aliphatic rings. The van der Waals surface area contributed by atoms with Gasteiger partial charge in [-0.1, -0.05) is 20.8 Å². The average Bonchev–Trinajstić information content (AvgIpc) is 2.81. The first kappa shape index (κ1) is 18.8. The van der Waals surface area contributed by atoms with Gasteiger partial charge in [0.15, 0.2) is 0 Å². The lowest BCUT2D eigenvalue weighted by molar-refractivity contribution is -0.162. The summed E-state index contributed by atoms with van der Waals surface area (Å²) >= 11 is 0. The van der Waals surface area contributed by atoms with Gasteiger partial charge in [-0.2, -0.15) is 0 Å². The lowest BCUT2D eigenvalue weighted by Gasteiger charge is -2.62. The van der Waals surface area contributed by atoms with Gasteiger partial charge in [0, 0.05) is 19.5 Å². The Morgan fingerprint density at radius 2 is 1.77 bits per heavy atom. The van der Waals surface area contributed by atoms with Crippen LogP contribution in [0.25, 0.3) is 0 Å². The third kappa shape index (κ3) is 2.38. The van der Waals surface area contributed by atoms with Crippen LogP contribution < -0.4 is 0 Å². The summed E-state index contributed by atoms with van der Waals surface area (Å²) in [7, 11) is 2.04. The van der Waals surface area contributed by atoms with Crippen LogP contribution in [0.3, 0.4) is 0 Å². The average molecular weight is 362 g/mol. The van der Waals surface area contributed by atoms with Crippen LogP contribution in [-0.2, 0) is 4.79 Å². The van der Waals surface area contributed by atoms with Crippen LogP contribution in [0.5, 0.6) is 0 Å². The molecule has 0 aromatic carbocycles. The molecule has 0 unspecified atom stereocenters. The van der Waals surface area contributed by atoms with Crippen molar-refractivity contribution in [2.24, 2.45) is 40.4 Å². The van der Waals surface area contributed by atoms with E-state index in [1.54, 1.807) is 0 Å². The van der Waals surface area contributed by atoms with Gasteiger partial charge in [0.25, 0.3) is 0 Å². The van der Waals surface area contributed by atoms with Crippen molar-refractivity contribution in [3.05, 3.63) is 0 Å². The molecule has 1 aliphatic heterocycles. The van der Waals surface area contributed by atoms with Crippen LogP contribution >= 0.6 is 0 Å². The third-order valence-corrected chi connectivity index (χ3v) is 9.66. The zero-order chi connectivity index (χ0) is 19.1. The van der Waals surface area contributed by atoms with Crippen molar-refractivity contribution in [2.75, 3.05) is 7.05 Å². The molecule has 0 aromatic heterocycles. The van der Waals surface area contributed by atoms with Crippen LogP contribution in [-0.4, -0.2) is 34.6 Å². The molecule has 0 radical (unpaired) electrons. The quantitative estimate of drug-likeness (QED) is 0.748. The second-order valence-corrected chi connectivity index (χ2v) is 11.4. The third-order valence-electron chi connectivity index (χ3n) is 9.66. The van der Waals surface area contributed by atoms with E-state index < -0.39 is 5.60 Å². The predicted octanol–water partition coefficient (Wildman–Crippen LogP) is 4.48. The molecule has 1 heterocycles. The fourth-order valence-corrected chi connectivity index (χ4v) is 9.02. The maximum atomic E-state index is 12.3. The zero-order valence-electron chi connectivity index (χ0n) is 17.7. The van der Waals surface area contributed by atoms with Gasteiger partial charge in [-0.15, -0.1) is 0 Å². The van der Waals surface area contributed by atoms with Crippen molar-refractivity contribution in [1.29, 1.82) is 0 Å². The number of hydrogen-bond acceptors (Lipinski definition) is 2. The Balaban J connectivity index is 1.66. The van der Waals surface area contributed by atoms with Gasteiger partial charge in [0.05, 0.1) is 5.60 Å². The monoisotopic (exact) mass is 361 g/mol.